The minimum Gasteiger partial charge on any atom is -0.495 e. The number of nitrogens with zero attached hydrogens (tertiary/aromatic N) is 3. The normalized spacial score (nSPS) is 10.4. The lowest BCUT2D eigenvalue weighted by Gasteiger charge is -2.09. The zero-order valence-corrected chi connectivity index (χ0v) is 12.7. The first kappa shape index (κ1) is 15.0. The molecule has 0 fully saturated rings. The number of hydrogen-bond donors (Lipinski definition) is 2. The van der Waals surface area contributed by atoms with Crippen molar-refractivity contribution >= 4 is 11.6 Å². The molecular formula is C15H21N5O. The Balaban J connectivity index is 2.07. The second kappa shape index (κ2) is 6.88. The maximum atomic E-state index is 5.89. The fourth-order valence-corrected chi connectivity index (χ4v) is 2.09. The molecule has 1 aromatic carbocycles. The summed E-state index contributed by atoms with van der Waals surface area (Å²) < 4.78 is 5.14. The Labute approximate surface area is 124 Å². The number of nitrogen functional groups attached to an aromatic ring is 1. The van der Waals surface area contributed by atoms with E-state index in [-0.39, 0.29) is 0 Å². The number of benzene rings is 1. The highest BCUT2D eigenvalue weighted by atomic mass is 16.5. The summed E-state index contributed by atoms with van der Waals surface area (Å²) in [6, 6.07) is 5.68. The van der Waals surface area contributed by atoms with E-state index in [4.69, 9.17) is 10.5 Å². The summed E-state index contributed by atoms with van der Waals surface area (Å²) in [6.07, 6.45) is 1.70. The fraction of sp³-hybridized carbons (Fsp3) is 0.400. The second-order valence-corrected chi connectivity index (χ2v) is 4.67. The molecule has 0 saturated carbocycles. The molecule has 0 aliphatic rings. The van der Waals surface area contributed by atoms with Crippen molar-refractivity contribution in [2.75, 3.05) is 18.2 Å². The van der Waals surface area contributed by atoms with Crippen LogP contribution in [0, 0.1) is 0 Å². The molecule has 2 aromatic rings. The molecule has 3 N–H and O–H groups in total. The van der Waals surface area contributed by atoms with Crippen molar-refractivity contribution in [2.45, 2.75) is 33.2 Å². The predicted octanol–water partition coefficient (Wildman–Crippen LogP) is 2.20. The number of nitrogens with two attached hydrogens (primary N) is 1. The van der Waals surface area contributed by atoms with Crippen LogP contribution in [-0.4, -0.2) is 22.3 Å². The number of hydrogen-bond acceptors (Lipinski definition) is 6. The van der Waals surface area contributed by atoms with Crippen LogP contribution < -0.4 is 15.8 Å². The van der Waals surface area contributed by atoms with Gasteiger partial charge in [0, 0.05) is 6.54 Å². The highest BCUT2D eigenvalue weighted by Crippen LogP contribution is 2.22. The largest absolute Gasteiger partial charge is 0.495 e. The van der Waals surface area contributed by atoms with Crippen LogP contribution in [0.1, 0.15) is 30.8 Å². The van der Waals surface area contributed by atoms with Gasteiger partial charge in [-0.1, -0.05) is 19.9 Å². The molecule has 6 heteroatoms. The third-order valence-corrected chi connectivity index (χ3v) is 3.25. The third-order valence-electron chi connectivity index (χ3n) is 3.25. The first-order valence-corrected chi connectivity index (χ1v) is 7.06. The lowest BCUT2D eigenvalue weighted by Crippen LogP contribution is -2.09. The first-order valence-electron chi connectivity index (χ1n) is 7.06. The fourth-order valence-electron chi connectivity index (χ4n) is 2.09. The summed E-state index contributed by atoms with van der Waals surface area (Å²) in [5.74, 6) is 1.22. The molecule has 0 amide bonds. The molecule has 0 bridgehead atoms. The molecular weight excluding hydrogens is 266 g/mol. The summed E-state index contributed by atoms with van der Waals surface area (Å²) >= 11 is 0. The van der Waals surface area contributed by atoms with Crippen molar-refractivity contribution in [3.05, 3.63) is 35.2 Å². The number of rotatable bonds is 6. The molecule has 0 aliphatic heterocycles. The number of anilines is 2. The van der Waals surface area contributed by atoms with E-state index in [0.717, 1.165) is 29.8 Å². The molecule has 21 heavy (non-hydrogen) atoms. The van der Waals surface area contributed by atoms with Crippen LogP contribution in [0.2, 0.25) is 0 Å². The minimum atomic E-state index is 0.540. The van der Waals surface area contributed by atoms with Gasteiger partial charge < -0.3 is 15.8 Å². The second-order valence-electron chi connectivity index (χ2n) is 4.67. The topological polar surface area (TPSA) is 86.0 Å². The Morgan fingerprint density at radius 1 is 1.14 bits per heavy atom. The monoisotopic (exact) mass is 287 g/mol. The summed E-state index contributed by atoms with van der Waals surface area (Å²) in [6.45, 7) is 4.71. The van der Waals surface area contributed by atoms with Crippen molar-refractivity contribution in [2.24, 2.45) is 0 Å². The smallest absolute Gasteiger partial charge is 0.243 e. The van der Waals surface area contributed by atoms with E-state index in [0.29, 0.717) is 23.9 Å². The molecule has 0 radical (unpaired) electrons. The zero-order valence-electron chi connectivity index (χ0n) is 12.7. The summed E-state index contributed by atoms with van der Waals surface area (Å²) in [4.78, 5) is 4.49. The van der Waals surface area contributed by atoms with E-state index in [1.165, 1.54) is 0 Å². The van der Waals surface area contributed by atoms with Gasteiger partial charge in [-0.2, -0.15) is 5.10 Å². The molecule has 1 aromatic heterocycles. The molecule has 6 nitrogen and oxygen atoms in total. The van der Waals surface area contributed by atoms with Gasteiger partial charge in [-0.3, -0.25) is 0 Å². The number of nitrogens with one attached hydrogen (secondary N) is 1. The molecule has 112 valence electrons. The van der Waals surface area contributed by atoms with E-state index in [1.54, 1.807) is 7.11 Å². The summed E-state index contributed by atoms with van der Waals surface area (Å²) in [7, 11) is 1.60. The number of aromatic nitrogens is 3. The Hall–Kier alpha value is -2.37. The van der Waals surface area contributed by atoms with Crippen molar-refractivity contribution in [1.29, 1.82) is 0 Å². The van der Waals surface area contributed by atoms with Crippen LogP contribution in [0.15, 0.2) is 18.2 Å². The van der Waals surface area contributed by atoms with Crippen LogP contribution in [0.25, 0.3) is 0 Å². The van der Waals surface area contributed by atoms with E-state index < -0.39 is 0 Å². The minimum absolute atomic E-state index is 0.540. The molecule has 2 rings (SSSR count). The highest BCUT2D eigenvalue weighted by Gasteiger charge is 2.06. The van der Waals surface area contributed by atoms with Crippen molar-refractivity contribution in [3.63, 3.8) is 0 Å². The highest BCUT2D eigenvalue weighted by molar-refractivity contribution is 5.54. The van der Waals surface area contributed by atoms with Gasteiger partial charge >= 0.3 is 0 Å². The molecule has 1 heterocycles. The van der Waals surface area contributed by atoms with Gasteiger partial charge in [0.25, 0.3) is 0 Å². The van der Waals surface area contributed by atoms with Crippen molar-refractivity contribution in [3.8, 4) is 5.75 Å². The molecule has 0 unspecified atom stereocenters. The maximum Gasteiger partial charge on any atom is 0.243 e. The molecule has 0 spiro atoms. The van der Waals surface area contributed by atoms with Crippen molar-refractivity contribution < 1.29 is 4.74 Å². The maximum absolute atomic E-state index is 5.89. The first-order chi connectivity index (χ1) is 10.2. The van der Waals surface area contributed by atoms with E-state index >= 15 is 0 Å². The van der Waals surface area contributed by atoms with E-state index in [9.17, 15) is 0 Å². The summed E-state index contributed by atoms with van der Waals surface area (Å²) in [5, 5.41) is 11.5. The lowest BCUT2D eigenvalue weighted by molar-refractivity contribution is 0.417. The van der Waals surface area contributed by atoms with Crippen LogP contribution in [0.4, 0.5) is 11.6 Å². The van der Waals surface area contributed by atoms with Crippen LogP contribution in [0.5, 0.6) is 5.75 Å². The van der Waals surface area contributed by atoms with E-state index in [1.807, 2.05) is 18.2 Å². The van der Waals surface area contributed by atoms with Gasteiger partial charge in [0.2, 0.25) is 5.95 Å². The van der Waals surface area contributed by atoms with Gasteiger partial charge in [0.05, 0.1) is 24.2 Å². The van der Waals surface area contributed by atoms with Gasteiger partial charge in [0.15, 0.2) is 0 Å². The van der Waals surface area contributed by atoms with Gasteiger partial charge in [-0.25, -0.2) is 4.98 Å². The van der Waals surface area contributed by atoms with Crippen LogP contribution in [0.3, 0.4) is 0 Å². The number of aryl methyl sites for hydroxylation is 2. The lowest BCUT2D eigenvalue weighted by atomic mass is 10.2. The quantitative estimate of drug-likeness (QED) is 0.792. The van der Waals surface area contributed by atoms with Gasteiger partial charge in [-0.15, -0.1) is 5.10 Å². The Bertz CT molecular complexity index is 615. The predicted molar refractivity (Wildman–Crippen MR) is 83.3 cm³/mol. The van der Waals surface area contributed by atoms with Crippen LogP contribution in [-0.2, 0) is 19.4 Å². The van der Waals surface area contributed by atoms with Gasteiger partial charge in [0.1, 0.15) is 5.75 Å². The SMILES string of the molecule is CCc1nnc(NCc2ccc(OC)c(N)c2)nc1CC. The molecule has 0 atom stereocenters. The average molecular weight is 287 g/mol. The zero-order chi connectivity index (χ0) is 15.2. The Morgan fingerprint density at radius 2 is 1.90 bits per heavy atom. The Kier molecular flexibility index (Phi) is 4.92. The molecule has 0 saturated heterocycles. The third kappa shape index (κ3) is 3.59. The standard InChI is InChI=1S/C15H21N5O/c1-4-12-13(5-2)19-20-15(18-12)17-9-10-6-7-14(21-3)11(16)8-10/h6-8H,4-5,9,16H2,1-3H3,(H,17,18,20). The number of ether oxygens (including phenoxy) is 1. The Morgan fingerprint density at radius 3 is 2.52 bits per heavy atom. The van der Waals surface area contributed by atoms with Gasteiger partial charge in [-0.05, 0) is 30.5 Å². The summed E-state index contributed by atoms with van der Waals surface area (Å²) in [5.41, 5.74) is 9.49. The molecule has 0 aliphatic carbocycles. The van der Waals surface area contributed by atoms with E-state index in [2.05, 4.69) is 34.3 Å². The van der Waals surface area contributed by atoms with Crippen LogP contribution >= 0.6 is 0 Å². The number of methoxy groups -OCH3 is 1. The average Bonchev–Trinajstić information content (AvgIpc) is 2.52. The van der Waals surface area contributed by atoms with Crippen molar-refractivity contribution in [1.82, 2.24) is 15.2 Å².